The van der Waals surface area contributed by atoms with Gasteiger partial charge >= 0.3 is 0 Å². The van der Waals surface area contributed by atoms with E-state index < -0.39 is 0 Å². The minimum Gasteiger partial charge on any atom is -0.352 e. The van der Waals surface area contributed by atoms with Crippen molar-refractivity contribution in [2.75, 3.05) is 0 Å². The molecule has 1 heterocycles. The summed E-state index contributed by atoms with van der Waals surface area (Å²) < 4.78 is 1.44. The van der Waals surface area contributed by atoms with E-state index in [2.05, 4.69) is 5.32 Å². The highest BCUT2D eigenvalue weighted by Gasteiger charge is 2.14. The Morgan fingerprint density at radius 2 is 1.94 bits per heavy atom. The first-order chi connectivity index (χ1) is 8.75. The van der Waals surface area contributed by atoms with Crippen molar-refractivity contribution < 1.29 is 4.79 Å². The number of pyridine rings is 1. The molecule has 18 heavy (non-hydrogen) atoms. The maximum Gasteiger partial charge on any atom is 0.250 e. The molecule has 0 aromatic carbocycles. The number of carbonyl (C=O) groups is 1. The fourth-order valence-electron chi connectivity index (χ4n) is 2.44. The van der Waals surface area contributed by atoms with Crippen LogP contribution in [0.3, 0.4) is 0 Å². The molecule has 2 rings (SSSR count). The smallest absolute Gasteiger partial charge is 0.250 e. The zero-order chi connectivity index (χ0) is 12.8. The second kappa shape index (κ2) is 6.38. The maximum atomic E-state index is 11.9. The molecule has 4 heteroatoms. The average molecular weight is 248 g/mol. The summed E-state index contributed by atoms with van der Waals surface area (Å²) >= 11 is 0. The number of hydrogen-bond donors (Lipinski definition) is 1. The minimum absolute atomic E-state index is 0.0600. The van der Waals surface area contributed by atoms with Gasteiger partial charge < -0.3 is 9.88 Å². The van der Waals surface area contributed by atoms with E-state index in [0.29, 0.717) is 6.04 Å². The van der Waals surface area contributed by atoms with Gasteiger partial charge in [-0.05, 0) is 18.9 Å². The predicted molar refractivity (Wildman–Crippen MR) is 70.3 cm³/mol. The van der Waals surface area contributed by atoms with E-state index >= 15 is 0 Å². The van der Waals surface area contributed by atoms with Gasteiger partial charge in [-0.2, -0.15) is 0 Å². The van der Waals surface area contributed by atoms with Crippen LogP contribution in [0.5, 0.6) is 0 Å². The van der Waals surface area contributed by atoms with Crippen molar-refractivity contribution in [3.8, 4) is 0 Å². The van der Waals surface area contributed by atoms with E-state index in [4.69, 9.17) is 0 Å². The summed E-state index contributed by atoms with van der Waals surface area (Å²) in [5.74, 6) is -0.0600. The molecule has 4 nitrogen and oxygen atoms in total. The van der Waals surface area contributed by atoms with Crippen molar-refractivity contribution in [2.24, 2.45) is 0 Å². The van der Waals surface area contributed by atoms with Gasteiger partial charge in [-0.25, -0.2) is 0 Å². The van der Waals surface area contributed by atoms with Gasteiger partial charge in [0.15, 0.2) is 0 Å². The standard InChI is InChI=1S/C14H20N2O2/c17-13(11-16-10-6-5-9-14(16)18)15-12-7-3-1-2-4-8-12/h5-6,9-10,12H,1-4,7-8,11H2,(H,15,17). The van der Waals surface area contributed by atoms with Gasteiger partial charge in [-0.1, -0.05) is 31.7 Å². The molecule has 1 N–H and O–H groups in total. The van der Waals surface area contributed by atoms with Crippen LogP contribution in [0.25, 0.3) is 0 Å². The third-order valence-corrected chi connectivity index (χ3v) is 3.43. The number of hydrogen-bond acceptors (Lipinski definition) is 2. The molecule has 0 unspecified atom stereocenters. The molecule has 1 fully saturated rings. The number of carbonyl (C=O) groups excluding carboxylic acids is 1. The molecule has 1 aliphatic carbocycles. The first-order valence-corrected chi connectivity index (χ1v) is 6.70. The lowest BCUT2D eigenvalue weighted by atomic mass is 10.1. The maximum absolute atomic E-state index is 11.9. The van der Waals surface area contributed by atoms with Crippen LogP contribution in [0.2, 0.25) is 0 Å². The lowest BCUT2D eigenvalue weighted by molar-refractivity contribution is -0.122. The third-order valence-electron chi connectivity index (χ3n) is 3.43. The van der Waals surface area contributed by atoms with Crippen LogP contribution < -0.4 is 10.9 Å². The fraction of sp³-hybridized carbons (Fsp3) is 0.571. The molecular formula is C14H20N2O2. The molecule has 1 amide bonds. The van der Waals surface area contributed by atoms with Crippen molar-refractivity contribution in [1.82, 2.24) is 9.88 Å². The highest BCUT2D eigenvalue weighted by molar-refractivity contribution is 5.76. The van der Waals surface area contributed by atoms with Crippen molar-refractivity contribution in [2.45, 2.75) is 51.1 Å². The minimum atomic E-state index is -0.131. The highest BCUT2D eigenvalue weighted by atomic mass is 16.2. The molecule has 0 radical (unpaired) electrons. The Hall–Kier alpha value is -1.58. The van der Waals surface area contributed by atoms with Gasteiger partial charge in [-0.3, -0.25) is 9.59 Å². The van der Waals surface area contributed by atoms with E-state index in [1.165, 1.54) is 36.3 Å². The van der Waals surface area contributed by atoms with Gasteiger partial charge in [0.25, 0.3) is 5.56 Å². The second-order valence-corrected chi connectivity index (χ2v) is 4.92. The van der Waals surface area contributed by atoms with Crippen molar-refractivity contribution in [1.29, 1.82) is 0 Å². The topological polar surface area (TPSA) is 51.1 Å². The molecule has 0 bridgehead atoms. The number of aromatic nitrogens is 1. The average Bonchev–Trinajstić information content (AvgIpc) is 2.61. The largest absolute Gasteiger partial charge is 0.352 e. The van der Waals surface area contributed by atoms with Crippen molar-refractivity contribution >= 4 is 5.91 Å². The highest BCUT2D eigenvalue weighted by Crippen LogP contribution is 2.17. The number of nitrogens with zero attached hydrogens (tertiary/aromatic N) is 1. The van der Waals surface area contributed by atoms with E-state index in [1.807, 2.05) is 0 Å². The number of amides is 1. The molecule has 1 saturated carbocycles. The Bertz CT molecular complexity index is 445. The van der Waals surface area contributed by atoms with Gasteiger partial charge in [-0.15, -0.1) is 0 Å². The van der Waals surface area contributed by atoms with Crippen LogP contribution in [0.1, 0.15) is 38.5 Å². The van der Waals surface area contributed by atoms with Gasteiger partial charge in [0, 0.05) is 18.3 Å². The lowest BCUT2D eigenvalue weighted by Crippen LogP contribution is -2.38. The molecule has 98 valence electrons. The Labute approximate surface area is 107 Å². The quantitative estimate of drug-likeness (QED) is 0.827. The lowest BCUT2D eigenvalue weighted by Gasteiger charge is -2.16. The SMILES string of the molecule is O=C(Cn1ccccc1=O)NC1CCCCCC1. The zero-order valence-corrected chi connectivity index (χ0v) is 10.6. The third kappa shape index (κ3) is 3.72. The molecular weight excluding hydrogens is 228 g/mol. The van der Waals surface area contributed by atoms with Gasteiger partial charge in [0.1, 0.15) is 6.54 Å². The van der Waals surface area contributed by atoms with Gasteiger partial charge in [0.2, 0.25) is 5.91 Å². The Balaban J connectivity index is 1.88. The zero-order valence-electron chi connectivity index (χ0n) is 10.6. The van der Waals surface area contributed by atoms with Gasteiger partial charge in [0.05, 0.1) is 0 Å². The van der Waals surface area contributed by atoms with E-state index in [-0.39, 0.29) is 18.0 Å². The van der Waals surface area contributed by atoms with E-state index in [1.54, 1.807) is 18.3 Å². The fourth-order valence-corrected chi connectivity index (χ4v) is 2.44. The molecule has 1 aliphatic rings. The first-order valence-electron chi connectivity index (χ1n) is 6.70. The monoisotopic (exact) mass is 248 g/mol. The Morgan fingerprint density at radius 1 is 1.22 bits per heavy atom. The Kier molecular flexibility index (Phi) is 4.56. The first kappa shape index (κ1) is 12.9. The Morgan fingerprint density at radius 3 is 2.61 bits per heavy atom. The summed E-state index contributed by atoms with van der Waals surface area (Å²) in [6.45, 7) is 0.121. The van der Waals surface area contributed by atoms with Crippen LogP contribution in [0, 0.1) is 0 Å². The summed E-state index contributed by atoms with van der Waals surface area (Å²) in [4.78, 5) is 23.4. The van der Waals surface area contributed by atoms with Crippen LogP contribution in [-0.2, 0) is 11.3 Å². The van der Waals surface area contributed by atoms with E-state index in [9.17, 15) is 9.59 Å². The van der Waals surface area contributed by atoms with Crippen molar-refractivity contribution in [3.63, 3.8) is 0 Å². The molecule has 1 aromatic rings. The molecule has 0 atom stereocenters. The summed E-state index contributed by atoms with van der Waals surface area (Å²) in [5, 5.41) is 3.04. The van der Waals surface area contributed by atoms with E-state index in [0.717, 1.165) is 12.8 Å². The summed E-state index contributed by atoms with van der Waals surface area (Å²) in [6.07, 6.45) is 8.70. The summed E-state index contributed by atoms with van der Waals surface area (Å²) in [6, 6.07) is 5.21. The molecule has 0 aliphatic heterocycles. The van der Waals surface area contributed by atoms with Crippen LogP contribution in [0.4, 0.5) is 0 Å². The second-order valence-electron chi connectivity index (χ2n) is 4.92. The summed E-state index contributed by atoms with van der Waals surface area (Å²) in [5.41, 5.74) is -0.131. The normalized spacial score (nSPS) is 17.1. The summed E-state index contributed by atoms with van der Waals surface area (Å²) in [7, 11) is 0. The number of rotatable bonds is 3. The van der Waals surface area contributed by atoms with Crippen LogP contribution >= 0.6 is 0 Å². The van der Waals surface area contributed by atoms with Crippen molar-refractivity contribution in [3.05, 3.63) is 34.7 Å². The van der Waals surface area contributed by atoms with Crippen LogP contribution in [0.15, 0.2) is 29.2 Å². The molecule has 0 saturated heterocycles. The molecule has 1 aromatic heterocycles. The predicted octanol–water partition coefficient (Wildman–Crippen LogP) is 1.69. The van der Waals surface area contributed by atoms with Crippen LogP contribution in [-0.4, -0.2) is 16.5 Å². The number of nitrogens with one attached hydrogen (secondary N) is 1. The molecule has 0 spiro atoms.